The Hall–Kier alpha value is -1.79. The van der Waals surface area contributed by atoms with Crippen molar-refractivity contribution in [2.75, 3.05) is 20.3 Å². The summed E-state index contributed by atoms with van der Waals surface area (Å²) in [7, 11) is 1.21. The second-order valence-electron chi connectivity index (χ2n) is 2.91. The number of hydrogen-bond donors (Lipinski definition) is 1. The van der Waals surface area contributed by atoms with E-state index in [0.717, 1.165) is 0 Å². The summed E-state index contributed by atoms with van der Waals surface area (Å²) >= 11 is 0. The molecule has 1 unspecified atom stereocenters. The van der Waals surface area contributed by atoms with Gasteiger partial charge in [0.1, 0.15) is 6.61 Å². The van der Waals surface area contributed by atoms with Crippen LogP contribution in [0.5, 0.6) is 0 Å². The number of alkyl carbamates (subject to hydrolysis) is 1. The van der Waals surface area contributed by atoms with Gasteiger partial charge in [0.25, 0.3) is 0 Å². The number of carbonyl (C=O) groups excluding carboxylic acids is 3. The summed E-state index contributed by atoms with van der Waals surface area (Å²) in [6, 6.07) is 0. The van der Waals surface area contributed by atoms with Crippen molar-refractivity contribution >= 4 is 18.0 Å². The lowest BCUT2D eigenvalue weighted by Gasteiger charge is -2.16. The smallest absolute Gasteiger partial charge is 0.406 e. The molecule has 0 radical (unpaired) electrons. The highest BCUT2D eigenvalue weighted by Crippen LogP contribution is 1.94. The van der Waals surface area contributed by atoms with Crippen LogP contribution in [0.15, 0.2) is 0 Å². The van der Waals surface area contributed by atoms with Gasteiger partial charge >= 0.3 is 18.0 Å². The van der Waals surface area contributed by atoms with Gasteiger partial charge in [-0.25, -0.2) is 4.79 Å². The van der Waals surface area contributed by atoms with E-state index in [1.54, 1.807) is 0 Å². The Kier molecular flexibility index (Phi) is 6.66. The van der Waals surface area contributed by atoms with E-state index in [1.165, 1.54) is 21.0 Å². The SMILES string of the molecule is COC(=O)NCC(COC(C)=O)OC(C)=O. The summed E-state index contributed by atoms with van der Waals surface area (Å²) in [5.41, 5.74) is 0. The number of methoxy groups -OCH3 is 1. The molecule has 0 saturated carbocycles. The molecule has 0 spiro atoms. The summed E-state index contributed by atoms with van der Waals surface area (Å²) in [6.07, 6.45) is -1.37. The summed E-state index contributed by atoms with van der Waals surface area (Å²) in [5.74, 6) is -1.01. The number of ether oxygens (including phenoxy) is 3. The van der Waals surface area contributed by atoms with Gasteiger partial charge in [-0.3, -0.25) is 9.59 Å². The fraction of sp³-hybridized carbons (Fsp3) is 0.667. The molecule has 0 aliphatic carbocycles. The number of carbonyl (C=O) groups is 3. The van der Waals surface area contributed by atoms with Crippen molar-refractivity contribution < 1.29 is 28.6 Å². The standard InChI is InChI=1S/C9H15NO6/c1-6(11)15-5-8(16-7(2)12)4-10-9(13)14-3/h8H,4-5H2,1-3H3,(H,10,13). The van der Waals surface area contributed by atoms with Crippen molar-refractivity contribution in [1.29, 1.82) is 0 Å². The van der Waals surface area contributed by atoms with Crippen molar-refractivity contribution in [2.45, 2.75) is 20.0 Å². The van der Waals surface area contributed by atoms with Crippen molar-refractivity contribution in [3.8, 4) is 0 Å². The number of amides is 1. The van der Waals surface area contributed by atoms with Gasteiger partial charge in [-0.2, -0.15) is 0 Å². The van der Waals surface area contributed by atoms with E-state index in [2.05, 4.69) is 14.8 Å². The molecule has 1 atom stereocenters. The molecule has 0 saturated heterocycles. The third-order valence-corrected chi connectivity index (χ3v) is 1.46. The summed E-state index contributed by atoms with van der Waals surface area (Å²) in [4.78, 5) is 32.0. The zero-order valence-electron chi connectivity index (χ0n) is 9.44. The van der Waals surface area contributed by atoms with E-state index in [9.17, 15) is 14.4 Å². The quantitative estimate of drug-likeness (QED) is 0.524. The average molecular weight is 233 g/mol. The fourth-order valence-electron chi connectivity index (χ4n) is 0.849. The van der Waals surface area contributed by atoms with Crippen LogP contribution < -0.4 is 5.32 Å². The predicted octanol–water partition coefficient (Wildman–Crippen LogP) is -0.163. The van der Waals surface area contributed by atoms with Gasteiger partial charge in [-0.05, 0) is 0 Å². The molecule has 0 rings (SSSR count). The normalized spacial score (nSPS) is 11.2. The molecule has 7 nitrogen and oxygen atoms in total. The van der Waals surface area contributed by atoms with E-state index in [1.807, 2.05) is 0 Å². The van der Waals surface area contributed by atoms with Crippen molar-refractivity contribution in [3.05, 3.63) is 0 Å². The zero-order chi connectivity index (χ0) is 12.6. The van der Waals surface area contributed by atoms with Gasteiger partial charge in [-0.15, -0.1) is 0 Å². The molecule has 7 heteroatoms. The van der Waals surface area contributed by atoms with Crippen molar-refractivity contribution in [2.24, 2.45) is 0 Å². The highest BCUT2D eigenvalue weighted by atomic mass is 16.6. The second kappa shape index (κ2) is 7.49. The van der Waals surface area contributed by atoms with Gasteiger partial charge in [0.15, 0.2) is 6.10 Å². The van der Waals surface area contributed by atoms with Gasteiger partial charge < -0.3 is 19.5 Å². The van der Waals surface area contributed by atoms with Gasteiger partial charge in [0.2, 0.25) is 0 Å². The van der Waals surface area contributed by atoms with Crippen LogP contribution in [0.25, 0.3) is 0 Å². The van der Waals surface area contributed by atoms with E-state index in [-0.39, 0.29) is 13.2 Å². The first kappa shape index (κ1) is 14.2. The molecule has 0 heterocycles. The molecule has 16 heavy (non-hydrogen) atoms. The average Bonchev–Trinajstić information content (AvgIpc) is 2.20. The Balaban J connectivity index is 4.04. The predicted molar refractivity (Wildman–Crippen MR) is 52.6 cm³/mol. The number of nitrogens with one attached hydrogen (secondary N) is 1. The first-order valence-electron chi connectivity index (χ1n) is 4.58. The summed E-state index contributed by atoms with van der Waals surface area (Å²) in [6.45, 7) is 2.36. The highest BCUT2D eigenvalue weighted by molar-refractivity contribution is 5.68. The largest absolute Gasteiger partial charge is 0.462 e. The monoisotopic (exact) mass is 233 g/mol. The van der Waals surface area contributed by atoms with Crippen LogP contribution in [0.1, 0.15) is 13.8 Å². The first-order valence-corrected chi connectivity index (χ1v) is 4.58. The Bertz CT molecular complexity index is 265. The van der Waals surface area contributed by atoms with Crippen LogP contribution in [0.2, 0.25) is 0 Å². The van der Waals surface area contributed by atoms with Crippen LogP contribution >= 0.6 is 0 Å². The van der Waals surface area contributed by atoms with Crippen LogP contribution in [0.4, 0.5) is 4.79 Å². The van der Waals surface area contributed by atoms with Crippen LogP contribution in [-0.2, 0) is 23.8 Å². The van der Waals surface area contributed by atoms with E-state index < -0.39 is 24.1 Å². The number of rotatable bonds is 5. The molecule has 0 aliphatic rings. The molecular weight excluding hydrogens is 218 g/mol. The number of hydrogen-bond acceptors (Lipinski definition) is 6. The summed E-state index contributed by atoms with van der Waals surface area (Å²) in [5, 5.41) is 2.33. The number of esters is 2. The topological polar surface area (TPSA) is 90.9 Å². The van der Waals surface area contributed by atoms with Crippen molar-refractivity contribution in [3.63, 3.8) is 0 Å². The fourth-order valence-corrected chi connectivity index (χ4v) is 0.849. The second-order valence-corrected chi connectivity index (χ2v) is 2.91. The lowest BCUT2D eigenvalue weighted by molar-refractivity contribution is -0.155. The molecule has 0 aromatic heterocycles. The first-order chi connectivity index (χ1) is 7.45. The molecule has 0 bridgehead atoms. The third-order valence-electron chi connectivity index (χ3n) is 1.46. The summed E-state index contributed by atoms with van der Waals surface area (Å²) < 4.78 is 13.8. The van der Waals surface area contributed by atoms with Gasteiger partial charge in [-0.1, -0.05) is 0 Å². The minimum absolute atomic E-state index is 0.0134. The minimum atomic E-state index is -0.722. The minimum Gasteiger partial charge on any atom is -0.462 e. The van der Waals surface area contributed by atoms with Gasteiger partial charge in [0, 0.05) is 13.8 Å². The Morgan fingerprint density at radius 2 is 1.81 bits per heavy atom. The molecule has 1 amide bonds. The van der Waals surface area contributed by atoms with Gasteiger partial charge in [0.05, 0.1) is 13.7 Å². The Morgan fingerprint density at radius 3 is 2.25 bits per heavy atom. The Morgan fingerprint density at radius 1 is 1.19 bits per heavy atom. The molecule has 92 valence electrons. The van der Waals surface area contributed by atoms with Crippen molar-refractivity contribution in [1.82, 2.24) is 5.32 Å². The van der Waals surface area contributed by atoms with E-state index in [4.69, 9.17) is 4.74 Å². The molecular formula is C9H15NO6. The van der Waals surface area contributed by atoms with Crippen LogP contribution in [0.3, 0.4) is 0 Å². The third kappa shape index (κ3) is 7.60. The highest BCUT2D eigenvalue weighted by Gasteiger charge is 2.15. The molecule has 0 aromatic rings. The lowest BCUT2D eigenvalue weighted by atomic mass is 10.3. The van der Waals surface area contributed by atoms with E-state index in [0.29, 0.717) is 0 Å². The van der Waals surface area contributed by atoms with Crippen LogP contribution in [0, 0.1) is 0 Å². The maximum Gasteiger partial charge on any atom is 0.406 e. The van der Waals surface area contributed by atoms with Crippen LogP contribution in [-0.4, -0.2) is 44.4 Å². The molecule has 0 aliphatic heterocycles. The zero-order valence-corrected chi connectivity index (χ0v) is 9.44. The lowest BCUT2D eigenvalue weighted by Crippen LogP contribution is -2.37. The maximum atomic E-state index is 10.8. The molecule has 0 aromatic carbocycles. The molecule has 1 N–H and O–H groups in total. The maximum absolute atomic E-state index is 10.8. The van der Waals surface area contributed by atoms with E-state index >= 15 is 0 Å². The molecule has 0 fully saturated rings. The Labute approximate surface area is 93.0 Å².